The number of sulfone groups is 1. The van der Waals surface area contributed by atoms with Crippen molar-refractivity contribution in [2.24, 2.45) is 0 Å². The fourth-order valence-electron chi connectivity index (χ4n) is 5.89. The Morgan fingerprint density at radius 3 is 2.41 bits per heavy atom. The molecule has 5 rings (SSSR count). The fourth-order valence-corrected chi connectivity index (χ4v) is 6.54. The summed E-state index contributed by atoms with van der Waals surface area (Å²) in [7, 11) is -3.66. The quantitative estimate of drug-likeness (QED) is 0.211. The zero-order valence-corrected chi connectivity index (χ0v) is 26.5. The molecule has 0 bridgehead atoms. The van der Waals surface area contributed by atoms with Gasteiger partial charge in [-0.25, -0.2) is 13.4 Å². The molecule has 3 N–H and O–H groups in total. The number of aliphatic hydroxyl groups excluding tert-OH is 1. The van der Waals surface area contributed by atoms with Crippen molar-refractivity contribution in [1.82, 2.24) is 20.5 Å². The molecular formula is C34H37F3N4O4S. The largest absolute Gasteiger partial charge is 0.416 e. The number of piperidine rings is 1. The van der Waals surface area contributed by atoms with Crippen LogP contribution in [0.25, 0.3) is 22.2 Å². The van der Waals surface area contributed by atoms with Gasteiger partial charge in [0, 0.05) is 41.9 Å². The van der Waals surface area contributed by atoms with Gasteiger partial charge in [0.25, 0.3) is 5.91 Å². The SMILES string of the molecule is C[C@H](NC(=O)c1c(CN2CCC(NCCO)CC2)c(-c2cccc(C(F)(F)F)c2)nc2ccc(S(C)(=O)=O)cc12)c1ccccc1. The predicted molar refractivity (Wildman–Crippen MR) is 171 cm³/mol. The first-order chi connectivity index (χ1) is 21.8. The van der Waals surface area contributed by atoms with Crippen molar-refractivity contribution in [2.45, 2.75) is 49.5 Å². The molecule has 3 aromatic carbocycles. The van der Waals surface area contributed by atoms with E-state index in [-0.39, 0.29) is 46.4 Å². The van der Waals surface area contributed by atoms with Crippen molar-refractivity contribution in [1.29, 1.82) is 0 Å². The van der Waals surface area contributed by atoms with Gasteiger partial charge in [-0.05, 0) is 68.8 Å². The highest BCUT2D eigenvalue weighted by molar-refractivity contribution is 7.90. The predicted octanol–water partition coefficient (Wildman–Crippen LogP) is 5.36. The molecule has 46 heavy (non-hydrogen) atoms. The number of nitrogens with zero attached hydrogens (tertiary/aromatic N) is 2. The van der Waals surface area contributed by atoms with E-state index in [0.717, 1.165) is 36.8 Å². The molecule has 0 saturated carbocycles. The third kappa shape index (κ3) is 7.75. The van der Waals surface area contributed by atoms with Crippen molar-refractivity contribution >= 4 is 26.6 Å². The molecular weight excluding hydrogens is 617 g/mol. The molecule has 1 amide bonds. The number of nitrogens with one attached hydrogen (secondary N) is 2. The van der Waals surface area contributed by atoms with Gasteiger partial charge in [0.2, 0.25) is 0 Å². The van der Waals surface area contributed by atoms with Crippen LogP contribution in [0.4, 0.5) is 13.2 Å². The summed E-state index contributed by atoms with van der Waals surface area (Å²) in [6, 6.07) is 18.3. The number of carbonyl (C=O) groups is 1. The minimum absolute atomic E-state index is 0.000462. The summed E-state index contributed by atoms with van der Waals surface area (Å²) in [6.07, 6.45) is -1.98. The number of rotatable bonds is 10. The van der Waals surface area contributed by atoms with Gasteiger partial charge in [-0.2, -0.15) is 13.2 Å². The number of aromatic nitrogens is 1. The monoisotopic (exact) mass is 654 g/mol. The number of fused-ring (bicyclic) bond motifs is 1. The molecule has 4 aromatic rings. The summed E-state index contributed by atoms with van der Waals surface area (Å²) < 4.78 is 66.7. The van der Waals surface area contributed by atoms with Crippen molar-refractivity contribution in [3.8, 4) is 11.3 Å². The van der Waals surface area contributed by atoms with Crippen LogP contribution in [0, 0.1) is 0 Å². The van der Waals surface area contributed by atoms with Crippen LogP contribution in [0.15, 0.2) is 77.7 Å². The van der Waals surface area contributed by atoms with Crippen LogP contribution in [-0.2, 0) is 22.6 Å². The minimum atomic E-state index is -4.59. The smallest absolute Gasteiger partial charge is 0.395 e. The molecule has 0 aliphatic carbocycles. The van der Waals surface area contributed by atoms with Crippen LogP contribution < -0.4 is 10.6 Å². The number of aliphatic hydroxyl groups is 1. The molecule has 1 fully saturated rings. The fraction of sp³-hybridized carbons (Fsp3) is 0.353. The van der Waals surface area contributed by atoms with E-state index >= 15 is 0 Å². The molecule has 12 heteroatoms. The Bertz CT molecular complexity index is 1810. The van der Waals surface area contributed by atoms with Gasteiger partial charge in [0.1, 0.15) is 0 Å². The van der Waals surface area contributed by atoms with Crippen LogP contribution in [0.2, 0.25) is 0 Å². The Morgan fingerprint density at radius 1 is 1.04 bits per heavy atom. The van der Waals surface area contributed by atoms with Gasteiger partial charge >= 0.3 is 6.18 Å². The molecule has 0 spiro atoms. The average Bonchev–Trinajstić information content (AvgIpc) is 3.03. The highest BCUT2D eigenvalue weighted by Crippen LogP contribution is 2.37. The minimum Gasteiger partial charge on any atom is -0.395 e. The van der Waals surface area contributed by atoms with E-state index in [2.05, 4.69) is 15.5 Å². The molecule has 1 aliphatic rings. The van der Waals surface area contributed by atoms with Crippen LogP contribution in [0.1, 0.15) is 52.9 Å². The maximum Gasteiger partial charge on any atom is 0.416 e. The Kier molecular flexibility index (Phi) is 10.1. The number of likely N-dealkylation sites (tertiary alicyclic amines) is 1. The summed E-state index contributed by atoms with van der Waals surface area (Å²) in [5, 5.41) is 15.8. The van der Waals surface area contributed by atoms with Gasteiger partial charge in [-0.15, -0.1) is 0 Å². The topological polar surface area (TPSA) is 112 Å². The van der Waals surface area contributed by atoms with E-state index in [9.17, 15) is 31.5 Å². The molecule has 2 heterocycles. The number of halogens is 3. The first-order valence-corrected chi connectivity index (χ1v) is 17.0. The normalized spacial score (nSPS) is 15.6. The summed E-state index contributed by atoms with van der Waals surface area (Å²) in [4.78, 5) is 21.2. The second-order valence-electron chi connectivity index (χ2n) is 11.7. The summed E-state index contributed by atoms with van der Waals surface area (Å²) in [5.74, 6) is -0.489. The third-order valence-electron chi connectivity index (χ3n) is 8.34. The maximum absolute atomic E-state index is 14.3. The van der Waals surface area contributed by atoms with Gasteiger partial charge < -0.3 is 15.7 Å². The number of benzene rings is 3. The Labute approximate surface area is 266 Å². The lowest BCUT2D eigenvalue weighted by atomic mass is 9.93. The van der Waals surface area contributed by atoms with E-state index in [1.54, 1.807) is 0 Å². The molecule has 1 aliphatic heterocycles. The summed E-state index contributed by atoms with van der Waals surface area (Å²) >= 11 is 0. The second-order valence-corrected chi connectivity index (χ2v) is 13.7. The highest BCUT2D eigenvalue weighted by Gasteiger charge is 2.32. The van der Waals surface area contributed by atoms with Crippen molar-refractivity contribution in [3.63, 3.8) is 0 Å². The van der Waals surface area contributed by atoms with E-state index in [4.69, 9.17) is 4.98 Å². The lowest BCUT2D eigenvalue weighted by Gasteiger charge is -2.33. The number of hydrogen-bond donors (Lipinski definition) is 3. The number of amides is 1. The van der Waals surface area contributed by atoms with E-state index in [0.29, 0.717) is 30.6 Å². The maximum atomic E-state index is 14.3. The van der Waals surface area contributed by atoms with Crippen LogP contribution in [-0.4, -0.2) is 67.9 Å². The van der Waals surface area contributed by atoms with Gasteiger partial charge in [-0.1, -0.05) is 42.5 Å². The number of alkyl halides is 3. The van der Waals surface area contributed by atoms with Crippen molar-refractivity contribution in [3.05, 3.63) is 95.1 Å². The highest BCUT2D eigenvalue weighted by atomic mass is 32.2. The zero-order valence-electron chi connectivity index (χ0n) is 25.6. The first kappa shape index (κ1) is 33.5. The molecule has 1 saturated heterocycles. The summed E-state index contributed by atoms with van der Waals surface area (Å²) in [6.45, 7) is 3.80. The molecule has 8 nitrogen and oxygen atoms in total. The number of pyridine rings is 1. The third-order valence-corrected chi connectivity index (χ3v) is 9.45. The lowest BCUT2D eigenvalue weighted by molar-refractivity contribution is -0.137. The zero-order chi connectivity index (χ0) is 33.1. The van der Waals surface area contributed by atoms with Crippen LogP contribution >= 0.6 is 0 Å². The Hall–Kier alpha value is -3.84. The van der Waals surface area contributed by atoms with Crippen molar-refractivity contribution in [2.75, 3.05) is 32.5 Å². The molecule has 0 radical (unpaired) electrons. The summed E-state index contributed by atoms with van der Waals surface area (Å²) in [5.41, 5.74) is 1.30. The number of hydrogen-bond acceptors (Lipinski definition) is 7. The Morgan fingerprint density at radius 2 is 1.76 bits per heavy atom. The van der Waals surface area contributed by atoms with E-state index in [1.165, 1.54) is 30.3 Å². The lowest BCUT2D eigenvalue weighted by Crippen LogP contribution is -2.43. The van der Waals surface area contributed by atoms with E-state index < -0.39 is 33.5 Å². The average molecular weight is 655 g/mol. The molecule has 1 atom stereocenters. The van der Waals surface area contributed by atoms with Gasteiger partial charge in [0.15, 0.2) is 9.84 Å². The second kappa shape index (κ2) is 13.9. The molecule has 0 unspecified atom stereocenters. The van der Waals surface area contributed by atoms with Crippen molar-refractivity contribution < 1.29 is 31.5 Å². The molecule has 244 valence electrons. The van der Waals surface area contributed by atoms with Gasteiger partial charge in [0.05, 0.1) is 39.9 Å². The van der Waals surface area contributed by atoms with Gasteiger partial charge in [-0.3, -0.25) is 9.69 Å². The van der Waals surface area contributed by atoms with E-state index in [1.807, 2.05) is 37.3 Å². The number of carbonyl (C=O) groups excluding carboxylic acids is 1. The standard InChI is InChI=1S/C34H37F3N4O4S/c1-22(23-7-4-3-5-8-23)39-33(43)31-28-20-27(46(2,44)45)11-12-30(28)40-32(24-9-6-10-25(19-24)34(35,36)37)29(31)21-41-16-13-26(14-17-41)38-15-18-42/h3-12,19-20,22,26,38,42H,13-18,21H2,1-2H3,(H,39,43)/t22-/m0/s1. The van der Waals surface area contributed by atoms with Crippen LogP contribution in [0.3, 0.4) is 0 Å². The first-order valence-electron chi connectivity index (χ1n) is 15.1. The Balaban J connectivity index is 1.69. The molecule has 1 aromatic heterocycles. The van der Waals surface area contributed by atoms with Crippen LogP contribution in [0.5, 0.6) is 0 Å².